The van der Waals surface area contributed by atoms with Gasteiger partial charge in [-0.25, -0.2) is 0 Å². The molecular weight excluding hydrogens is 400 g/mol. The quantitative estimate of drug-likeness (QED) is 0.726. The third-order valence-corrected chi connectivity index (χ3v) is 7.61. The predicted molar refractivity (Wildman–Crippen MR) is 128 cm³/mol. The van der Waals surface area contributed by atoms with Crippen LogP contribution in [-0.2, 0) is 11.2 Å². The molecule has 3 heterocycles. The third-order valence-electron chi connectivity index (χ3n) is 7.61. The van der Waals surface area contributed by atoms with Crippen molar-refractivity contribution >= 4 is 28.3 Å². The third kappa shape index (κ3) is 3.50. The van der Waals surface area contributed by atoms with Crippen molar-refractivity contribution in [2.75, 3.05) is 46.3 Å². The molecule has 2 aromatic rings. The van der Waals surface area contributed by atoms with Crippen molar-refractivity contribution in [2.24, 2.45) is 5.92 Å². The van der Waals surface area contributed by atoms with Crippen LogP contribution in [0.2, 0.25) is 0 Å². The summed E-state index contributed by atoms with van der Waals surface area (Å²) < 4.78 is 1.88. The Morgan fingerprint density at radius 2 is 1.88 bits per heavy atom. The lowest BCUT2D eigenvalue weighted by Gasteiger charge is -2.40. The van der Waals surface area contributed by atoms with E-state index in [1.54, 1.807) is 0 Å². The first kappa shape index (κ1) is 21.4. The first-order chi connectivity index (χ1) is 15.5. The van der Waals surface area contributed by atoms with Gasteiger partial charge in [0.1, 0.15) is 0 Å². The molecule has 5 rings (SSSR count). The number of amides is 1. The lowest BCUT2D eigenvalue weighted by Crippen LogP contribution is -2.47. The molecule has 2 aliphatic heterocycles. The van der Waals surface area contributed by atoms with Crippen LogP contribution in [0.1, 0.15) is 42.6 Å². The monoisotopic (exact) mass is 434 g/mol. The van der Waals surface area contributed by atoms with Crippen LogP contribution >= 0.6 is 0 Å². The number of likely N-dealkylation sites (N-methyl/N-ethyl adjacent to an activating group) is 1. The molecule has 0 spiro atoms. The van der Waals surface area contributed by atoms with Crippen LogP contribution in [0.25, 0.3) is 16.5 Å². The number of aromatic nitrogens is 1. The SMILES string of the molecule is CCN(CC)C(=O)[C@@H]1C=C2c3cccc4c3c(cn4C(=O)CN3CCCC3)C[C@H]2N(C)C1. The molecule has 1 aliphatic carbocycles. The second kappa shape index (κ2) is 8.49. The van der Waals surface area contributed by atoms with E-state index in [1.165, 1.54) is 34.9 Å². The standard InChI is InChI=1S/C26H34N4O2/c1-4-29(5-2)26(32)19-13-21-20-9-8-10-22-25(20)18(14-23(21)27(3)15-19)16-30(22)24(31)17-28-11-6-7-12-28/h8-10,13,16,19,23H,4-7,11-12,14-15,17H2,1-3H3/t19-,23-/m1/s1. The van der Waals surface area contributed by atoms with Gasteiger partial charge in [0.15, 0.2) is 0 Å². The highest BCUT2D eigenvalue weighted by atomic mass is 16.2. The fourth-order valence-corrected chi connectivity index (χ4v) is 5.90. The molecule has 0 saturated carbocycles. The molecule has 0 bridgehead atoms. The molecule has 6 nitrogen and oxygen atoms in total. The summed E-state index contributed by atoms with van der Waals surface area (Å²) in [5, 5.41) is 1.19. The fourth-order valence-electron chi connectivity index (χ4n) is 5.90. The molecule has 2 atom stereocenters. The average molecular weight is 435 g/mol. The van der Waals surface area contributed by atoms with Crippen LogP contribution in [0.4, 0.5) is 0 Å². The number of hydrogen-bond acceptors (Lipinski definition) is 4. The van der Waals surface area contributed by atoms with Crippen molar-refractivity contribution in [3.63, 3.8) is 0 Å². The highest BCUT2D eigenvalue weighted by molar-refractivity contribution is 6.03. The molecule has 32 heavy (non-hydrogen) atoms. The Morgan fingerprint density at radius 3 is 2.59 bits per heavy atom. The zero-order chi connectivity index (χ0) is 22.4. The zero-order valence-corrected chi connectivity index (χ0v) is 19.5. The molecule has 1 aromatic heterocycles. The van der Waals surface area contributed by atoms with Crippen LogP contribution in [0, 0.1) is 5.92 Å². The molecule has 1 amide bonds. The van der Waals surface area contributed by atoms with Crippen molar-refractivity contribution in [1.82, 2.24) is 19.3 Å². The number of likely N-dealkylation sites (tertiary alicyclic amines) is 1. The summed E-state index contributed by atoms with van der Waals surface area (Å²) in [7, 11) is 2.13. The van der Waals surface area contributed by atoms with Crippen LogP contribution in [-0.4, -0.2) is 83.4 Å². The second-order valence-corrected chi connectivity index (χ2v) is 9.50. The highest BCUT2D eigenvalue weighted by Crippen LogP contribution is 2.41. The normalized spacial score (nSPS) is 23.3. The van der Waals surface area contributed by atoms with E-state index in [2.05, 4.69) is 47.3 Å². The van der Waals surface area contributed by atoms with Crippen LogP contribution in [0.15, 0.2) is 30.5 Å². The van der Waals surface area contributed by atoms with Crippen molar-refractivity contribution in [2.45, 2.75) is 39.2 Å². The Morgan fingerprint density at radius 1 is 1.12 bits per heavy atom. The van der Waals surface area contributed by atoms with E-state index in [1.807, 2.05) is 23.3 Å². The fraction of sp³-hybridized carbons (Fsp3) is 0.538. The Labute approximate surface area is 190 Å². The van der Waals surface area contributed by atoms with Crippen molar-refractivity contribution < 1.29 is 9.59 Å². The van der Waals surface area contributed by atoms with Crippen molar-refractivity contribution in [3.8, 4) is 0 Å². The summed E-state index contributed by atoms with van der Waals surface area (Å²) in [6, 6.07) is 6.53. The van der Waals surface area contributed by atoms with Crippen LogP contribution in [0.5, 0.6) is 0 Å². The molecule has 0 radical (unpaired) electrons. The van der Waals surface area contributed by atoms with E-state index >= 15 is 0 Å². The van der Waals surface area contributed by atoms with Gasteiger partial charge >= 0.3 is 0 Å². The molecule has 1 fully saturated rings. The van der Waals surface area contributed by atoms with Crippen molar-refractivity contribution in [3.05, 3.63) is 41.6 Å². The molecule has 170 valence electrons. The van der Waals surface area contributed by atoms with Gasteiger partial charge in [-0.3, -0.25) is 24.0 Å². The van der Waals surface area contributed by atoms with Gasteiger partial charge in [0, 0.05) is 37.3 Å². The topological polar surface area (TPSA) is 48.8 Å². The number of benzene rings is 1. The lowest BCUT2D eigenvalue weighted by atomic mass is 9.79. The van der Waals surface area contributed by atoms with E-state index in [0.29, 0.717) is 6.54 Å². The van der Waals surface area contributed by atoms with E-state index in [9.17, 15) is 9.59 Å². The molecule has 1 aromatic carbocycles. The van der Waals surface area contributed by atoms with E-state index in [-0.39, 0.29) is 23.8 Å². The number of rotatable bonds is 5. The highest BCUT2D eigenvalue weighted by Gasteiger charge is 2.37. The van der Waals surface area contributed by atoms with Gasteiger partial charge in [0.05, 0.1) is 18.0 Å². The minimum absolute atomic E-state index is 0.123. The number of fused-ring (bicyclic) bond motifs is 2. The maximum atomic E-state index is 13.2. The summed E-state index contributed by atoms with van der Waals surface area (Å²) in [5.41, 5.74) is 4.67. The zero-order valence-electron chi connectivity index (χ0n) is 19.5. The lowest BCUT2D eigenvalue weighted by molar-refractivity contribution is -0.134. The molecule has 6 heteroatoms. The summed E-state index contributed by atoms with van der Waals surface area (Å²) in [5.74, 6) is 0.244. The largest absolute Gasteiger partial charge is 0.343 e. The summed E-state index contributed by atoms with van der Waals surface area (Å²) >= 11 is 0. The smallest absolute Gasteiger partial charge is 0.245 e. The number of hydrogen-bond donors (Lipinski definition) is 0. The predicted octanol–water partition coefficient (Wildman–Crippen LogP) is 3.12. The molecule has 1 saturated heterocycles. The van der Waals surface area contributed by atoms with Gasteiger partial charge in [-0.15, -0.1) is 0 Å². The van der Waals surface area contributed by atoms with Gasteiger partial charge in [-0.2, -0.15) is 0 Å². The van der Waals surface area contributed by atoms with E-state index in [4.69, 9.17) is 0 Å². The summed E-state index contributed by atoms with van der Waals surface area (Å²) in [6.07, 6.45) is 7.54. The number of carbonyl (C=O) groups is 2. The van der Waals surface area contributed by atoms with Gasteiger partial charge in [0.25, 0.3) is 0 Å². The minimum atomic E-state index is -0.123. The molecule has 0 N–H and O–H groups in total. The van der Waals surface area contributed by atoms with Gasteiger partial charge in [-0.05, 0) is 76.0 Å². The average Bonchev–Trinajstić information content (AvgIpc) is 3.44. The van der Waals surface area contributed by atoms with E-state index in [0.717, 1.165) is 44.7 Å². The van der Waals surface area contributed by atoms with Gasteiger partial charge < -0.3 is 4.90 Å². The Kier molecular flexibility index (Phi) is 5.68. The summed E-state index contributed by atoms with van der Waals surface area (Å²) in [6.45, 7) is 8.82. The first-order valence-corrected chi connectivity index (χ1v) is 12.1. The maximum absolute atomic E-state index is 13.2. The summed E-state index contributed by atoms with van der Waals surface area (Å²) in [4.78, 5) is 32.8. The first-order valence-electron chi connectivity index (χ1n) is 12.1. The molecule has 0 unspecified atom stereocenters. The van der Waals surface area contributed by atoms with Crippen LogP contribution in [0.3, 0.4) is 0 Å². The van der Waals surface area contributed by atoms with Crippen molar-refractivity contribution in [1.29, 1.82) is 0 Å². The van der Waals surface area contributed by atoms with Gasteiger partial charge in [-0.1, -0.05) is 18.2 Å². The Hall–Kier alpha value is -2.44. The number of nitrogens with zero attached hydrogens (tertiary/aromatic N) is 4. The maximum Gasteiger partial charge on any atom is 0.245 e. The van der Waals surface area contributed by atoms with E-state index < -0.39 is 0 Å². The minimum Gasteiger partial charge on any atom is -0.343 e. The Balaban J connectivity index is 1.53. The van der Waals surface area contributed by atoms with Gasteiger partial charge in [0.2, 0.25) is 11.8 Å². The molecular formula is C26H34N4O2. The number of carbonyl (C=O) groups excluding carboxylic acids is 2. The Bertz CT molecular complexity index is 1070. The van der Waals surface area contributed by atoms with Crippen LogP contribution < -0.4 is 0 Å². The second-order valence-electron chi connectivity index (χ2n) is 9.50. The molecule has 3 aliphatic rings.